The summed E-state index contributed by atoms with van der Waals surface area (Å²) in [6, 6.07) is 14.3. The Morgan fingerprint density at radius 2 is 1.45 bits per heavy atom. The SMILES string of the molecule is CC.CC.CCCOCC(=O)N(CCC)C/C(C)=C/C=C(\C)CCc1ccccc1.Cc1cc(C)c([P+](=O)[O-])c(C)c1. The van der Waals surface area contributed by atoms with Crippen molar-refractivity contribution in [2.45, 2.75) is 102 Å². The quantitative estimate of drug-likeness (QED) is 0.131. The molecule has 0 aliphatic heterocycles. The highest BCUT2D eigenvalue weighted by molar-refractivity contribution is 7.46. The number of carbonyl (C=O) groups is 1. The number of nitrogens with zero attached hydrogens (tertiary/aromatic N) is 1. The van der Waals surface area contributed by atoms with Crippen LogP contribution in [0, 0.1) is 20.8 Å². The van der Waals surface area contributed by atoms with E-state index in [9.17, 15) is 14.3 Å². The maximum atomic E-state index is 12.3. The molecule has 0 saturated heterocycles. The lowest BCUT2D eigenvalue weighted by Gasteiger charge is -2.22. The standard InChI is InChI=1S/C23H35NO2.C9H11O2P.2C2H6/c1-5-16-24(23(25)19-26-17-6-2)18-21(4)13-12-20(3)14-15-22-10-8-7-9-11-22;1-6-4-7(2)9(12(10)11)8(3)5-6;2*1-2/h7-13H,5-6,14-19H2,1-4H3;4-5H,1-3H3;2*1-2H3/b20-12+,21-13+;;;. The first kappa shape index (κ1) is 41.5. The molecule has 0 fully saturated rings. The first-order valence-corrected chi connectivity index (χ1v) is 16.7. The van der Waals surface area contributed by atoms with E-state index in [-0.39, 0.29) is 12.5 Å². The second-order valence-corrected chi connectivity index (χ2v) is 10.8. The number of aryl methyl sites for hydroxylation is 4. The van der Waals surface area contributed by atoms with Crippen molar-refractivity contribution in [1.29, 1.82) is 0 Å². The minimum absolute atomic E-state index is 0.0813. The van der Waals surface area contributed by atoms with Gasteiger partial charge in [-0.15, -0.1) is 0 Å². The predicted molar refractivity (Wildman–Crippen MR) is 181 cm³/mol. The van der Waals surface area contributed by atoms with Crippen LogP contribution in [0.5, 0.6) is 0 Å². The van der Waals surface area contributed by atoms with Gasteiger partial charge in [0.1, 0.15) is 6.61 Å². The molecule has 42 heavy (non-hydrogen) atoms. The van der Waals surface area contributed by atoms with Crippen molar-refractivity contribution in [3.63, 3.8) is 0 Å². The Labute approximate surface area is 259 Å². The van der Waals surface area contributed by atoms with E-state index >= 15 is 0 Å². The highest BCUT2D eigenvalue weighted by Crippen LogP contribution is 2.17. The number of rotatable bonds is 13. The molecule has 0 bridgehead atoms. The molecule has 0 saturated carbocycles. The van der Waals surface area contributed by atoms with E-state index in [0.717, 1.165) is 48.9 Å². The lowest BCUT2D eigenvalue weighted by atomic mass is 10.1. The smallest absolute Gasteiger partial charge is 0.349 e. The van der Waals surface area contributed by atoms with Crippen molar-refractivity contribution in [2.75, 3.05) is 26.3 Å². The molecule has 2 aromatic carbocycles. The molecule has 0 N–H and O–H groups in total. The van der Waals surface area contributed by atoms with Crippen molar-refractivity contribution >= 4 is 19.2 Å². The molecule has 0 heterocycles. The summed E-state index contributed by atoms with van der Waals surface area (Å²) >= 11 is 0. The second kappa shape index (κ2) is 26.1. The summed E-state index contributed by atoms with van der Waals surface area (Å²) in [7, 11) is -2.45. The molecule has 6 heteroatoms. The van der Waals surface area contributed by atoms with Crippen molar-refractivity contribution in [1.82, 2.24) is 4.90 Å². The van der Waals surface area contributed by atoms with Crippen LogP contribution in [-0.4, -0.2) is 37.1 Å². The van der Waals surface area contributed by atoms with Gasteiger partial charge in [0, 0.05) is 30.8 Å². The maximum absolute atomic E-state index is 12.3. The minimum atomic E-state index is -2.45. The van der Waals surface area contributed by atoms with Gasteiger partial charge in [-0.2, -0.15) is 0 Å². The van der Waals surface area contributed by atoms with Crippen LogP contribution in [0.25, 0.3) is 0 Å². The zero-order chi connectivity index (χ0) is 32.5. The molecule has 5 nitrogen and oxygen atoms in total. The average molecular weight is 600 g/mol. The third kappa shape index (κ3) is 18.8. The summed E-state index contributed by atoms with van der Waals surface area (Å²) < 4.78 is 16.2. The molecule has 0 aromatic heterocycles. The van der Waals surface area contributed by atoms with Crippen LogP contribution < -0.4 is 10.2 Å². The summed E-state index contributed by atoms with van der Waals surface area (Å²) in [4.78, 5) is 25.0. The molecule has 0 radical (unpaired) electrons. The number of hydrogen-bond donors (Lipinski definition) is 0. The number of benzene rings is 2. The van der Waals surface area contributed by atoms with Gasteiger partial charge in [-0.05, 0) is 65.9 Å². The zero-order valence-electron chi connectivity index (χ0n) is 28.4. The normalized spacial score (nSPS) is 11.2. The summed E-state index contributed by atoms with van der Waals surface area (Å²) in [6.45, 7) is 24.3. The van der Waals surface area contributed by atoms with Crippen LogP contribution in [-0.2, 0) is 20.5 Å². The molecule has 236 valence electrons. The fourth-order valence-corrected chi connectivity index (χ4v) is 4.83. The van der Waals surface area contributed by atoms with Gasteiger partial charge in [-0.3, -0.25) is 4.79 Å². The third-order valence-corrected chi connectivity index (χ3v) is 7.05. The number of ether oxygens (including phenoxy) is 1. The molecule has 1 atom stereocenters. The van der Waals surface area contributed by atoms with Crippen LogP contribution in [0.15, 0.2) is 65.8 Å². The van der Waals surface area contributed by atoms with E-state index < -0.39 is 8.03 Å². The lowest BCUT2D eigenvalue weighted by Crippen LogP contribution is -2.36. The molecule has 1 unspecified atom stereocenters. The molecule has 0 spiro atoms. The molecular weight excluding hydrogens is 541 g/mol. The van der Waals surface area contributed by atoms with Crippen LogP contribution in [0.3, 0.4) is 0 Å². The van der Waals surface area contributed by atoms with Gasteiger partial charge in [0.05, 0.1) is 0 Å². The first-order chi connectivity index (χ1) is 20.1. The highest BCUT2D eigenvalue weighted by Gasteiger charge is 2.15. The van der Waals surface area contributed by atoms with Gasteiger partial charge in [0.2, 0.25) is 5.91 Å². The molecular formula is C36H58NO4P. The fourth-order valence-electron chi connectivity index (χ4n) is 4.13. The van der Waals surface area contributed by atoms with E-state index in [4.69, 9.17) is 4.74 Å². The van der Waals surface area contributed by atoms with E-state index in [2.05, 4.69) is 63.3 Å². The van der Waals surface area contributed by atoms with Gasteiger partial charge in [-0.1, -0.05) is 117 Å². The van der Waals surface area contributed by atoms with Crippen molar-refractivity contribution in [3.05, 3.63) is 88.0 Å². The summed E-state index contributed by atoms with van der Waals surface area (Å²) in [5, 5.41) is 0.468. The Morgan fingerprint density at radius 3 is 1.95 bits per heavy atom. The Kier molecular flexibility index (Phi) is 25.8. The third-order valence-electron chi connectivity index (χ3n) is 5.98. The van der Waals surface area contributed by atoms with Crippen molar-refractivity contribution in [3.8, 4) is 0 Å². The number of amides is 1. The van der Waals surface area contributed by atoms with E-state index in [1.807, 2.05) is 72.4 Å². The monoisotopic (exact) mass is 599 g/mol. The van der Waals surface area contributed by atoms with Crippen LogP contribution in [0.2, 0.25) is 0 Å². The summed E-state index contributed by atoms with van der Waals surface area (Å²) in [5.74, 6) is 0.0813. The number of hydrogen-bond acceptors (Lipinski definition) is 4. The van der Waals surface area contributed by atoms with Crippen LogP contribution >= 0.6 is 8.03 Å². The fraction of sp³-hybridized carbons (Fsp3) is 0.528. The first-order valence-electron chi connectivity index (χ1n) is 15.5. The maximum Gasteiger partial charge on any atom is 0.349 e. The molecule has 1 amide bonds. The van der Waals surface area contributed by atoms with Crippen LogP contribution in [0.1, 0.15) is 96.9 Å². The summed E-state index contributed by atoms with van der Waals surface area (Å²) in [6.07, 6.45) is 8.33. The number of carbonyl (C=O) groups excluding carboxylic acids is 1. The van der Waals surface area contributed by atoms with Gasteiger partial charge in [0.25, 0.3) is 0 Å². The van der Waals surface area contributed by atoms with Gasteiger partial charge in [-0.25, -0.2) is 0 Å². The second-order valence-electron chi connectivity index (χ2n) is 9.88. The molecule has 2 rings (SSSR count). The Morgan fingerprint density at radius 1 is 0.905 bits per heavy atom. The zero-order valence-corrected chi connectivity index (χ0v) is 29.3. The Balaban J connectivity index is 0. The van der Waals surface area contributed by atoms with Crippen molar-refractivity contribution in [2.24, 2.45) is 0 Å². The van der Waals surface area contributed by atoms with Gasteiger partial charge < -0.3 is 14.5 Å². The molecule has 0 aliphatic carbocycles. The van der Waals surface area contributed by atoms with E-state index in [1.54, 1.807) is 0 Å². The highest BCUT2D eigenvalue weighted by atomic mass is 31.1. The largest absolute Gasteiger partial charge is 0.591 e. The van der Waals surface area contributed by atoms with Crippen molar-refractivity contribution < 1.29 is 19.0 Å². The minimum Gasteiger partial charge on any atom is -0.591 e. The molecule has 2 aromatic rings. The lowest BCUT2D eigenvalue weighted by molar-refractivity contribution is -0.160. The topological polar surface area (TPSA) is 69.7 Å². The van der Waals surface area contributed by atoms with E-state index in [0.29, 0.717) is 18.5 Å². The Bertz CT molecular complexity index is 1050. The van der Waals surface area contributed by atoms with Crippen LogP contribution in [0.4, 0.5) is 0 Å². The van der Waals surface area contributed by atoms with Gasteiger partial charge in [0.15, 0.2) is 5.30 Å². The van der Waals surface area contributed by atoms with E-state index in [1.165, 1.54) is 16.7 Å². The predicted octanol–water partition coefficient (Wildman–Crippen LogP) is 8.57. The average Bonchev–Trinajstić information content (AvgIpc) is 2.97. The summed E-state index contributed by atoms with van der Waals surface area (Å²) in [5.41, 5.74) is 6.69. The Hall–Kier alpha value is -2.59. The molecule has 0 aliphatic rings. The number of allylic oxidation sites excluding steroid dienone is 3. The van der Waals surface area contributed by atoms with Gasteiger partial charge >= 0.3 is 8.03 Å².